The molecule has 17 heavy (non-hydrogen) atoms. The smallest absolute Gasteiger partial charge is 0.306 e. The van der Waals surface area contributed by atoms with Crippen molar-refractivity contribution in [2.45, 2.75) is 31.8 Å². The van der Waals surface area contributed by atoms with Gasteiger partial charge in [-0.15, -0.1) is 0 Å². The van der Waals surface area contributed by atoms with Crippen LogP contribution in [-0.4, -0.2) is 36.4 Å². The monoisotopic (exact) mass is 239 g/mol. The Labute approximate surface area is 102 Å². The number of aliphatic carboxylic acids is 1. The van der Waals surface area contributed by atoms with Crippen molar-refractivity contribution in [1.29, 1.82) is 0 Å². The van der Waals surface area contributed by atoms with Crippen LogP contribution in [0.1, 0.15) is 26.2 Å². The Kier molecular flexibility index (Phi) is 3.84. The van der Waals surface area contributed by atoms with Crippen molar-refractivity contribution in [3.8, 4) is 0 Å². The summed E-state index contributed by atoms with van der Waals surface area (Å²) in [6.07, 6.45) is 6.70. The number of rotatable bonds is 5. The van der Waals surface area contributed by atoms with Gasteiger partial charge in [0.15, 0.2) is 0 Å². The van der Waals surface area contributed by atoms with Gasteiger partial charge >= 0.3 is 5.97 Å². The van der Waals surface area contributed by atoms with Gasteiger partial charge in [0.1, 0.15) is 5.60 Å². The van der Waals surface area contributed by atoms with E-state index in [2.05, 4.69) is 24.4 Å². The molecule has 2 rings (SSSR count). The maximum atomic E-state index is 10.8. The number of carbonyl (C=O) groups is 1. The first-order valence-corrected chi connectivity index (χ1v) is 6.33. The molecular formula is C13H21NO3. The molecule has 1 heterocycles. The summed E-state index contributed by atoms with van der Waals surface area (Å²) >= 11 is 0. The molecule has 4 heteroatoms. The predicted octanol–water partition coefficient (Wildman–Crippen LogP) is 1.42. The van der Waals surface area contributed by atoms with Crippen molar-refractivity contribution in [2.24, 2.45) is 11.8 Å². The summed E-state index contributed by atoms with van der Waals surface area (Å²) in [5.41, 5.74) is -0.452. The summed E-state index contributed by atoms with van der Waals surface area (Å²) in [6.45, 7) is 4.24. The Balaban J connectivity index is 1.83. The van der Waals surface area contributed by atoms with Gasteiger partial charge in [0.25, 0.3) is 0 Å². The molecule has 1 fully saturated rings. The predicted molar refractivity (Wildman–Crippen MR) is 64.8 cm³/mol. The number of ether oxygens (including phenoxy) is 1. The lowest BCUT2D eigenvalue weighted by molar-refractivity contribution is -0.152. The molecule has 0 radical (unpaired) electrons. The number of carboxylic acid groups (broad SMARTS) is 1. The van der Waals surface area contributed by atoms with Crippen LogP contribution in [0.4, 0.5) is 0 Å². The summed E-state index contributed by atoms with van der Waals surface area (Å²) in [7, 11) is 0. The van der Waals surface area contributed by atoms with Gasteiger partial charge in [-0.05, 0) is 24.7 Å². The molecule has 0 aromatic carbocycles. The third kappa shape index (κ3) is 3.07. The van der Waals surface area contributed by atoms with E-state index in [4.69, 9.17) is 9.84 Å². The Morgan fingerprint density at radius 3 is 2.71 bits per heavy atom. The van der Waals surface area contributed by atoms with Gasteiger partial charge in [0.2, 0.25) is 0 Å². The van der Waals surface area contributed by atoms with Gasteiger partial charge in [0.05, 0.1) is 13.0 Å². The Bertz CT molecular complexity index is 310. The summed E-state index contributed by atoms with van der Waals surface area (Å²) < 4.78 is 5.91. The molecule has 2 aliphatic rings. The number of carboxylic acids is 1. The van der Waals surface area contributed by atoms with E-state index >= 15 is 0 Å². The van der Waals surface area contributed by atoms with Crippen LogP contribution < -0.4 is 5.32 Å². The standard InChI is InChI=1S/C13H21NO3/c1-10-4-2-3-5-11(10)7-17-13(6-12(15)16)8-14-9-13/h2-3,10-11,14H,4-9H2,1H3,(H,15,16). The van der Waals surface area contributed by atoms with Crippen LogP contribution in [0.3, 0.4) is 0 Å². The SMILES string of the molecule is CC1CC=CCC1COC1(CC(=O)O)CNC1. The average Bonchev–Trinajstić information content (AvgIpc) is 2.23. The maximum Gasteiger partial charge on any atom is 0.306 e. The molecule has 2 atom stereocenters. The fraction of sp³-hybridized carbons (Fsp3) is 0.769. The average molecular weight is 239 g/mol. The Morgan fingerprint density at radius 1 is 1.47 bits per heavy atom. The normalized spacial score (nSPS) is 30.9. The zero-order valence-electron chi connectivity index (χ0n) is 10.3. The van der Waals surface area contributed by atoms with Crippen molar-refractivity contribution < 1.29 is 14.6 Å². The van der Waals surface area contributed by atoms with E-state index in [1.807, 2.05) is 0 Å². The van der Waals surface area contributed by atoms with Crippen LogP contribution in [0, 0.1) is 11.8 Å². The summed E-state index contributed by atoms with van der Waals surface area (Å²) in [4.78, 5) is 10.8. The van der Waals surface area contributed by atoms with Gasteiger partial charge in [-0.25, -0.2) is 0 Å². The summed E-state index contributed by atoms with van der Waals surface area (Å²) in [6, 6.07) is 0. The van der Waals surface area contributed by atoms with Crippen LogP contribution in [-0.2, 0) is 9.53 Å². The molecule has 0 aromatic rings. The Hall–Kier alpha value is -0.870. The fourth-order valence-corrected chi connectivity index (χ4v) is 2.48. The summed E-state index contributed by atoms with van der Waals surface area (Å²) in [5.74, 6) is 0.393. The van der Waals surface area contributed by atoms with Crippen LogP contribution in [0.25, 0.3) is 0 Å². The molecule has 2 N–H and O–H groups in total. The molecule has 96 valence electrons. The van der Waals surface area contributed by atoms with Crippen molar-refractivity contribution in [2.75, 3.05) is 19.7 Å². The minimum absolute atomic E-state index is 0.108. The van der Waals surface area contributed by atoms with E-state index < -0.39 is 11.6 Å². The minimum Gasteiger partial charge on any atom is -0.481 e. The van der Waals surface area contributed by atoms with E-state index in [-0.39, 0.29) is 6.42 Å². The molecule has 1 aliphatic carbocycles. The summed E-state index contributed by atoms with van der Waals surface area (Å²) in [5, 5.41) is 12.0. The highest BCUT2D eigenvalue weighted by Gasteiger charge is 2.41. The van der Waals surface area contributed by atoms with E-state index in [1.54, 1.807) is 0 Å². The molecule has 2 unspecified atom stereocenters. The van der Waals surface area contributed by atoms with Gasteiger partial charge in [-0.1, -0.05) is 19.1 Å². The molecule has 0 bridgehead atoms. The van der Waals surface area contributed by atoms with Crippen molar-refractivity contribution >= 4 is 5.97 Å². The van der Waals surface area contributed by atoms with E-state index in [0.29, 0.717) is 31.5 Å². The van der Waals surface area contributed by atoms with Crippen LogP contribution in [0.15, 0.2) is 12.2 Å². The van der Waals surface area contributed by atoms with Gasteiger partial charge in [-0.2, -0.15) is 0 Å². The molecule has 0 saturated carbocycles. The lowest BCUT2D eigenvalue weighted by Crippen LogP contribution is -2.62. The third-order valence-electron chi connectivity index (χ3n) is 3.89. The number of nitrogens with one attached hydrogen (secondary N) is 1. The molecular weight excluding hydrogens is 218 g/mol. The number of hydrogen-bond donors (Lipinski definition) is 2. The molecule has 0 aromatic heterocycles. The first-order valence-electron chi connectivity index (χ1n) is 6.33. The van der Waals surface area contributed by atoms with Crippen molar-refractivity contribution in [3.63, 3.8) is 0 Å². The maximum absolute atomic E-state index is 10.8. The molecule has 1 saturated heterocycles. The first kappa shape index (κ1) is 12.6. The Morgan fingerprint density at radius 2 is 2.18 bits per heavy atom. The second-order valence-corrected chi connectivity index (χ2v) is 5.35. The fourth-order valence-electron chi connectivity index (χ4n) is 2.48. The second kappa shape index (κ2) is 5.19. The van der Waals surface area contributed by atoms with Gasteiger partial charge in [-0.3, -0.25) is 4.79 Å². The van der Waals surface area contributed by atoms with E-state index in [0.717, 1.165) is 12.8 Å². The van der Waals surface area contributed by atoms with E-state index in [1.165, 1.54) is 0 Å². The van der Waals surface area contributed by atoms with Crippen LogP contribution >= 0.6 is 0 Å². The highest BCUT2D eigenvalue weighted by atomic mass is 16.5. The van der Waals surface area contributed by atoms with E-state index in [9.17, 15) is 4.79 Å². The van der Waals surface area contributed by atoms with Gasteiger partial charge < -0.3 is 15.2 Å². The quantitative estimate of drug-likeness (QED) is 0.712. The van der Waals surface area contributed by atoms with Gasteiger partial charge in [0, 0.05) is 13.1 Å². The molecule has 0 spiro atoms. The molecule has 0 amide bonds. The minimum atomic E-state index is -0.775. The second-order valence-electron chi connectivity index (χ2n) is 5.35. The zero-order valence-corrected chi connectivity index (χ0v) is 10.3. The first-order chi connectivity index (χ1) is 8.11. The van der Waals surface area contributed by atoms with Crippen molar-refractivity contribution in [1.82, 2.24) is 5.32 Å². The van der Waals surface area contributed by atoms with Crippen molar-refractivity contribution in [3.05, 3.63) is 12.2 Å². The van der Waals surface area contributed by atoms with Crippen LogP contribution in [0.5, 0.6) is 0 Å². The largest absolute Gasteiger partial charge is 0.481 e. The lowest BCUT2D eigenvalue weighted by Gasteiger charge is -2.42. The highest BCUT2D eigenvalue weighted by molar-refractivity contribution is 5.68. The number of hydrogen-bond acceptors (Lipinski definition) is 3. The zero-order chi connectivity index (χ0) is 12.3. The van der Waals surface area contributed by atoms with Crippen LogP contribution in [0.2, 0.25) is 0 Å². The number of allylic oxidation sites excluding steroid dienone is 2. The highest BCUT2D eigenvalue weighted by Crippen LogP contribution is 2.29. The lowest BCUT2D eigenvalue weighted by atomic mass is 9.84. The molecule has 1 aliphatic heterocycles. The molecule has 4 nitrogen and oxygen atoms in total. The third-order valence-corrected chi connectivity index (χ3v) is 3.89. The topological polar surface area (TPSA) is 58.6 Å².